The number of aromatic nitrogens is 1. The maximum Gasteiger partial charge on any atom is 0.298 e. The van der Waals surface area contributed by atoms with E-state index in [1.807, 2.05) is 11.8 Å². The van der Waals surface area contributed by atoms with Gasteiger partial charge in [0.15, 0.2) is 5.58 Å². The molecule has 0 fully saturated rings. The summed E-state index contributed by atoms with van der Waals surface area (Å²) >= 11 is 0. The molecule has 2 rings (SSSR count). The lowest BCUT2D eigenvalue weighted by Crippen LogP contribution is -2.38. The Bertz CT molecular complexity index is 651. The van der Waals surface area contributed by atoms with Crippen LogP contribution in [0.1, 0.15) is 20.8 Å². The van der Waals surface area contributed by atoms with Crippen molar-refractivity contribution in [2.75, 3.05) is 24.5 Å². The van der Waals surface area contributed by atoms with Crippen molar-refractivity contribution < 1.29 is 9.34 Å². The van der Waals surface area contributed by atoms with Gasteiger partial charge >= 0.3 is 0 Å². The number of nitro benzene ring substituents is 1. The highest BCUT2D eigenvalue weighted by molar-refractivity contribution is 5.77. The molecule has 0 spiro atoms. The van der Waals surface area contributed by atoms with Crippen molar-refractivity contribution in [1.29, 1.82) is 0 Å². The van der Waals surface area contributed by atoms with Crippen molar-refractivity contribution in [3.63, 3.8) is 0 Å². The van der Waals surface area contributed by atoms with Crippen molar-refractivity contribution >= 4 is 22.8 Å². The number of oxazole rings is 1. The molecule has 0 aliphatic rings. The van der Waals surface area contributed by atoms with Crippen LogP contribution in [0.4, 0.5) is 11.7 Å². The van der Waals surface area contributed by atoms with Crippen molar-refractivity contribution in [3.8, 4) is 0 Å². The van der Waals surface area contributed by atoms with E-state index in [1.54, 1.807) is 6.07 Å². The van der Waals surface area contributed by atoms with E-state index in [9.17, 15) is 10.1 Å². The summed E-state index contributed by atoms with van der Waals surface area (Å²) in [6.45, 7) is 8.12. The zero-order valence-electron chi connectivity index (χ0n) is 12.5. The molecule has 0 amide bonds. The second-order valence-electron chi connectivity index (χ2n) is 5.79. The molecule has 0 saturated carbocycles. The largest absolute Gasteiger partial charge is 0.423 e. The number of non-ortho nitro benzene ring substituents is 1. The quantitative estimate of drug-likeness (QED) is 0.649. The summed E-state index contributed by atoms with van der Waals surface area (Å²) in [6, 6.07) is 4.88. The van der Waals surface area contributed by atoms with Gasteiger partial charge in [-0.2, -0.15) is 4.98 Å². The summed E-state index contributed by atoms with van der Waals surface area (Å²) in [5.41, 5.74) is 6.73. The number of nitrogens with two attached hydrogens (primary N) is 1. The maximum absolute atomic E-state index is 10.8. The normalized spacial score (nSPS) is 11.8. The topological polar surface area (TPSA) is 98.4 Å². The van der Waals surface area contributed by atoms with Crippen LogP contribution in [-0.2, 0) is 0 Å². The molecule has 1 heterocycles. The molecule has 2 N–H and O–H groups in total. The van der Waals surface area contributed by atoms with E-state index < -0.39 is 4.92 Å². The Morgan fingerprint density at radius 1 is 1.48 bits per heavy atom. The number of benzene rings is 1. The van der Waals surface area contributed by atoms with Crippen LogP contribution in [0.2, 0.25) is 0 Å². The van der Waals surface area contributed by atoms with Crippen LogP contribution >= 0.6 is 0 Å². The fourth-order valence-electron chi connectivity index (χ4n) is 2.05. The number of rotatable bonds is 6. The van der Waals surface area contributed by atoms with Gasteiger partial charge in [0.05, 0.1) is 4.92 Å². The van der Waals surface area contributed by atoms with Gasteiger partial charge in [-0.3, -0.25) is 10.1 Å². The van der Waals surface area contributed by atoms with Gasteiger partial charge in [-0.15, -0.1) is 0 Å². The summed E-state index contributed by atoms with van der Waals surface area (Å²) in [7, 11) is 0. The highest BCUT2D eigenvalue weighted by Crippen LogP contribution is 2.27. The number of hydrogen-bond donors (Lipinski definition) is 1. The van der Waals surface area contributed by atoms with Gasteiger partial charge < -0.3 is 15.1 Å². The first kappa shape index (κ1) is 15.2. The zero-order chi connectivity index (χ0) is 15.6. The molecule has 0 aliphatic carbocycles. The lowest BCUT2D eigenvalue weighted by molar-refractivity contribution is -0.384. The molecule has 0 unspecified atom stereocenters. The number of nitro groups is 1. The molecule has 7 nitrogen and oxygen atoms in total. The summed E-state index contributed by atoms with van der Waals surface area (Å²) in [5, 5.41) is 10.8. The maximum atomic E-state index is 10.8. The van der Waals surface area contributed by atoms with Crippen molar-refractivity contribution in [2.45, 2.75) is 20.8 Å². The Hall–Kier alpha value is -2.15. The molecule has 1 aromatic heterocycles. The van der Waals surface area contributed by atoms with Crippen LogP contribution in [-0.4, -0.2) is 29.5 Å². The molecule has 7 heteroatoms. The van der Waals surface area contributed by atoms with Gasteiger partial charge in [0, 0.05) is 25.2 Å². The molecule has 2 aromatic rings. The van der Waals surface area contributed by atoms with Crippen LogP contribution in [0, 0.1) is 15.5 Å². The minimum absolute atomic E-state index is 0.00712. The monoisotopic (exact) mass is 292 g/mol. The number of nitrogens with zero attached hydrogens (tertiary/aromatic N) is 3. The Labute approximate surface area is 122 Å². The fourth-order valence-corrected chi connectivity index (χ4v) is 2.05. The lowest BCUT2D eigenvalue weighted by Gasteiger charge is -2.29. The Morgan fingerprint density at radius 2 is 2.19 bits per heavy atom. The first-order chi connectivity index (χ1) is 9.86. The fraction of sp³-hybridized carbons (Fsp3) is 0.500. The summed E-state index contributed by atoms with van der Waals surface area (Å²) < 4.78 is 5.70. The summed E-state index contributed by atoms with van der Waals surface area (Å²) in [5.74, 6) is 0. The van der Waals surface area contributed by atoms with E-state index in [2.05, 4.69) is 18.8 Å². The molecule has 1 aromatic carbocycles. The number of hydrogen-bond acceptors (Lipinski definition) is 6. The Morgan fingerprint density at radius 3 is 2.76 bits per heavy atom. The third-order valence-corrected chi connectivity index (χ3v) is 3.39. The van der Waals surface area contributed by atoms with E-state index in [0.29, 0.717) is 30.2 Å². The molecule has 0 bridgehead atoms. The SMILES string of the molecule is CCN(CC(C)(C)CN)c1nc2cc([N+](=O)[O-])ccc2o1. The second-order valence-corrected chi connectivity index (χ2v) is 5.79. The standard InChI is InChI=1S/C14H20N4O3/c1-4-17(9-14(2,3)8-15)13-16-11-7-10(18(19)20)5-6-12(11)21-13/h5-7H,4,8-9,15H2,1-3H3. The van der Waals surface area contributed by atoms with E-state index >= 15 is 0 Å². The highest BCUT2D eigenvalue weighted by Gasteiger charge is 2.23. The van der Waals surface area contributed by atoms with Crippen molar-refractivity contribution in [3.05, 3.63) is 28.3 Å². The number of anilines is 1. The molecule has 21 heavy (non-hydrogen) atoms. The molecule has 0 saturated heterocycles. The van der Waals surface area contributed by atoms with Gasteiger partial charge in [-0.05, 0) is 24.9 Å². The lowest BCUT2D eigenvalue weighted by atomic mass is 9.93. The van der Waals surface area contributed by atoms with Crippen LogP contribution in [0.3, 0.4) is 0 Å². The van der Waals surface area contributed by atoms with Crippen LogP contribution < -0.4 is 10.6 Å². The van der Waals surface area contributed by atoms with Gasteiger partial charge in [0.25, 0.3) is 11.7 Å². The molecular formula is C14H20N4O3. The minimum atomic E-state index is -0.442. The molecule has 114 valence electrons. The molecule has 0 radical (unpaired) electrons. The summed E-state index contributed by atoms with van der Waals surface area (Å²) in [6.07, 6.45) is 0. The first-order valence-electron chi connectivity index (χ1n) is 6.86. The Balaban J connectivity index is 2.34. The van der Waals surface area contributed by atoms with Crippen LogP contribution in [0.25, 0.3) is 11.1 Å². The number of fused-ring (bicyclic) bond motifs is 1. The van der Waals surface area contributed by atoms with Crippen LogP contribution in [0.15, 0.2) is 22.6 Å². The molecule has 0 atom stereocenters. The average molecular weight is 292 g/mol. The third kappa shape index (κ3) is 3.30. The van der Waals surface area contributed by atoms with Gasteiger partial charge in [0.1, 0.15) is 5.52 Å². The highest BCUT2D eigenvalue weighted by atomic mass is 16.6. The van der Waals surface area contributed by atoms with E-state index in [0.717, 1.165) is 6.54 Å². The smallest absolute Gasteiger partial charge is 0.298 e. The zero-order valence-corrected chi connectivity index (χ0v) is 12.5. The average Bonchev–Trinajstić information content (AvgIpc) is 2.87. The summed E-state index contributed by atoms with van der Waals surface area (Å²) in [4.78, 5) is 16.7. The van der Waals surface area contributed by atoms with Gasteiger partial charge in [-0.1, -0.05) is 13.8 Å². The van der Waals surface area contributed by atoms with Crippen molar-refractivity contribution in [1.82, 2.24) is 4.98 Å². The van der Waals surface area contributed by atoms with E-state index in [4.69, 9.17) is 10.2 Å². The van der Waals surface area contributed by atoms with E-state index in [1.165, 1.54) is 12.1 Å². The first-order valence-corrected chi connectivity index (χ1v) is 6.86. The van der Waals surface area contributed by atoms with E-state index in [-0.39, 0.29) is 11.1 Å². The second kappa shape index (κ2) is 5.69. The third-order valence-electron chi connectivity index (χ3n) is 3.39. The molecule has 0 aliphatic heterocycles. The van der Waals surface area contributed by atoms with Gasteiger partial charge in [-0.25, -0.2) is 0 Å². The molecular weight excluding hydrogens is 272 g/mol. The van der Waals surface area contributed by atoms with Crippen LogP contribution in [0.5, 0.6) is 0 Å². The van der Waals surface area contributed by atoms with Crippen molar-refractivity contribution in [2.24, 2.45) is 11.1 Å². The minimum Gasteiger partial charge on any atom is -0.423 e. The predicted octanol–water partition coefficient (Wildman–Crippen LogP) is 2.55. The Kier molecular flexibility index (Phi) is 4.13. The van der Waals surface area contributed by atoms with Gasteiger partial charge in [0.2, 0.25) is 0 Å². The predicted molar refractivity (Wildman–Crippen MR) is 81.4 cm³/mol.